The number of hydrogen-bond donors (Lipinski definition) is 1. The summed E-state index contributed by atoms with van der Waals surface area (Å²) in [7, 11) is -1.93. The maximum Gasteiger partial charge on any atom is 0.179 e. The van der Waals surface area contributed by atoms with Gasteiger partial charge in [-0.3, -0.25) is 0 Å². The summed E-state index contributed by atoms with van der Waals surface area (Å²) in [6.07, 6.45) is 4.30. The van der Waals surface area contributed by atoms with E-state index in [1.165, 1.54) is 0 Å². The lowest BCUT2D eigenvalue weighted by molar-refractivity contribution is 0.0173. The minimum Gasteiger partial charge on any atom is -0.497 e. The summed E-state index contributed by atoms with van der Waals surface area (Å²) in [5, 5.41) is 11.8. The SMILES string of the molecule is CCCC[C@]1(CC)CS(=O)(=O)c2ccc(SC)cc2[C@H](c2cccc(OC)c2)[C@@H]1O. The van der Waals surface area contributed by atoms with Crippen molar-refractivity contribution in [2.24, 2.45) is 5.41 Å². The summed E-state index contributed by atoms with van der Waals surface area (Å²) in [6.45, 7) is 4.10. The van der Waals surface area contributed by atoms with E-state index in [9.17, 15) is 13.5 Å². The second-order valence-electron chi connectivity index (χ2n) is 8.18. The number of aliphatic hydroxyl groups excluding tert-OH is 1. The lowest BCUT2D eigenvalue weighted by atomic mass is 9.69. The van der Waals surface area contributed by atoms with Gasteiger partial charge in [-0.15, -0.1) is 11.8 Å². The molecule has 2 aromatic rings. The molecule has 3 rings (SSSR count). The molecule has 1 heterocycles. The molecule has 0 aromatic heterocycles. The summed E-state index contributed by atoms with van der Waals surface area (Å²) in [4.78, 5) is 1.33. The van der Waals surface area contributed by atoms with Gasteiger partial charge in [0, 0.05) is 16.2 Å². The fourth-order valence-electron chi connectivity index (χ4n) is 4.68. The van der Waals surface area contributed by atoms with Crippen molar-refractivity contribution in [3.8, 4) is 5.75 Å². The minimum absolute atomic E-state index is 0.0241. The molecule has 30 heavy (non-hydrogen) atoms. The van der Waals surface area contributed by atoms with E-state index in [4.69, 9.17) is 4.74 Å². The van der Waals surface area contributed by atoms with Crippen LogP contribution in [0.3, 0.4) is 0 Å². The first-order valence-corrected chi connectivity index (χ1v) is 13.4. The highest BCUT2D eigenvalue weighted by atomic mass is 32.2. The molecule has 0 saturated heterocycles. The van der Waals surface area contributed by atoms with Crippen LogP contribution in [0.15, 0.2) is 52.3 Å². The average molecular weight is 449 g/mol. The number of unbranched alkanes of at least 4 members (excludes halogenated alkanes) is 1. The number of hydrogen-bond acceptors (Lipinski definition) is 5. The second kappa shape index (κ2) is 9.33. The fraction of sp³-hybridized carbons (Fsp3) is 0.500. The Morgan fingerprint density at radius 2 is 1.97 bits per heavy atom. The summed E-state index contributed by atoms with van der Waals surface area (Å²) in [6, 6.07) is 13.2. The molecule has 3 atom stereocenters. The van der Waals surface area contributed by atoms with Crippen LogP contribution in [0.25, 0.3) is 0 Å². The quantitative estimate of drug-likeness (QED) is 0.584. The van der Waals surface area contributed by atoms with Crippen molar-refractivity contribution < 1.29 is 18.3 Å². The topological polar surface area (TPSA) is 63.6 Å². The Labute approximate surface area is 185 Å². The van der Waals surface area contributed by atoms with Crippen LogP contribution in [-0.4, -0.2) is 38.7 Å². The molecule has 1 aliphatic rings. The summed E-state index contributed by atoms with van der Waals surface area (Å²) in [5.74, 6) is 0.241. The molecule has 0 radical (unpaired) electrons. The maximum absolute atomic E-state index is 13.5. The third kappa shape index (κ3) is 4.27. The number of benzene rings is 2. The second-order valence-corrected chi connectivity index (χ2v) is 11.0. The Balaban J connectivity index is 2.31. The van der Waals surface area contributed by atoms with E-state index >= 15 is 0 Å². The molecule has 1 N–H and O–H groups in total. The predicted octanol–water partition coefficient (Wildman–Crippen LogP) is 5.28. The maximum atomic E-state index is 13.5. The van der Waals surface area contributed by atoms with Gasteiger partial charge in [-0.1, -0.05) is 38.8 Å². The van der Waals surface area contributed by atoms with Crippen LogP contribution >= 0.6 is 11.8 Å². The van der Waals surface area contributed by atoms with Gasteiger partial charge in [-0.05, 0) is 60.6 Å². The normalized spacial score (nSPS) is 25.4. The molecule has 0 spiro atoms. The van der Waals surface area contributed by atoms with Gasteiger partial charge >= 0.3 is 0 Å². The van der Waals surface area contributed by atoms with Crippen LogP contribution in [0.5, 0.6) is 5.75 Å². The Bertz CT molecular complexity index is 986. The molecule has 0 bridgehead atoms. The molecule has 0 unspecified atom stereocenters. The highest BCUT2D eigenvalue weighted by Crippen LogP contribution is 2.49. The third-order valence-electron chi connectivity index (χ3n) is 6.49. The van der Waals surface area contributed by atoms with Crippen molar-refractivity contribution in [2.75, 3.05) is 19.1 Å². The fourth-order valence-corrected chi connectivity index (χ4v) is 7.38. The van der Waals surface area contributed by atoms with Gasteiger partial charge in [0.1, 0.15) is 5.75 Å². The van der Waals surface area contributed by atoms with Crippen LogP contribution in [-0.2, 0) is 9.84 Å². The highest BCUT2D eigenvalue weighted by molar-refractivity contribution is 7.98. The standard InChI is InChI=1S/C24H32O4S2/c1-5-7-13-24(6-2)16-30(26,27)21-12-11-19(29-4)15-20(21)22(23(24)25)17-9-8-10-18(14-17)28-3/h8-12,14-15,22-23,25H,5-7,13,16H2,1-4H3/t22-,23-,24+/m0/s1. The molecule has 1 aliphatic heterocycles. The number of ether oxygens (including phenoxy) is 1. The van der Waals surface area contributed by atoms with E-state index in [0.29, 0.717) is 29.1 Å². The van der Waals surface area contributed by atoms with Gasteiger partial charge in [0.05, 0.1) is 23.9 Å². The lowest BCUT2D eigenvalue weighted by Crippen LogP contribution is -2.42. The van der Waals surface area contributed by atoms with E-state index in [2.05, 4.69) is 6.92 Å². The zero-order valence-corrected chi connectivity index (χ0v) is 19.9. The Morgan fingerprint density at radius 3 is 2.60 bits per heavy atom. The summed E-state index contributed by atoms with van der Waals surface area (Å²) in [5.41, 5.74) is 0.878. The number of aliphatic hydroxyl groups is 1. The summed E-state index contributed by atoms with van der Waals surface area (Å²) < 4.78 is 32.5. The number of methoxy groups -OCH3 is 1. The first-order valence-electron chi connectivity index (χ1n) is 10.5. The number of sulfone groups is 1. The van der Waals surface area contributed by atoms with E-state index in [0.717, 1.165) is 23.3 Å². The van der Waals surface area contributed by atoms with Gasteiger partial charge in [0.15, 0.2) is 9.84 Å². The first-order chi connectivity index (χ1) is 14.3. The molecule has 0 saturated carbocycles. The van der Waals surface area contributed by atoms with Crippen molar-refractivity contribution >= 4 is 21.6 Å². The molecule has 0 fully saturated rings. The molecular weight excluding hydrogens is 416 g/mol. The molecule has 164 valence electrons. The average Bonchev–Trinajstić information content (AvgIpc) is 2.83. The highest BCUT2D eigenvalue weighted by Gasteiger charge is 2.48. The van der Waals surface area contributed by atoms with Gasteiger partial charge in [0.2, 0.25) is 0 Å². The van der Waals surface area contributed by atoms with Crippen LogP contribution in [0.4, 0.5) is 0 Å². The van der Waals surface area contributed by atoms with Crippen molar-refractivity contribution in [1.82, 2.24) is 0 Å². The van der Waals surface area contributed by atoms with Crippen LogP contribution < -0.4 is 4.74 Å². The predicted molar refractivity (Wildman–Crippen MR) is 123 cm³/mol. The zero-order valence-electron chi connectivity index (χ0n) is 18.2. The van der Waals surface area contributed by atoms with E-state index in [1.54, 1.807) is 24.9 Å². The van der Waals surface area contributed by atoms with Crippen LogP contribution in [0.2, 0.25) is 0 Å². The summed E-state index contributed by atoms with van der Waals surface area (Å²) >= 11 is 1.57. The smallest absolute Gasteiger partial charge is 0.179 e. The Kier molecular flexibility index (Phi) is 7.20. The van der Waals surface area contributed by atoms with Crippen LogP contribution in [0.1, 0.15) is 56.6 Å². The van der Waals surface area contributed by atoms with E-state index in [1.807, 2.05) is 49.6 Å². The molecule has 0 aliphatic carbocycles. The van der Waals surface area contributed by atoms with Gasteiger partial charge < -0.3 is 9.84 Å². The van der Waals surface area contributed by atoms with E-state index in [-0.39, 0.29) is 5.75 Å². The van der Waals surface area contributed by atoms with Crippen molar-refractivity contribution in [3.05, 3.63) is 53.6 Å². The molecule has 4 nitrogen and oxygen atoms in total. The first kappa shape index (κ1) is 23.2. The van der Waals surface area contributed by atoms with E-state index < -0.39 is 27.3 Å². The number of rotatable bonds is 7. The lowest BCUT2D eigenvalue weighted by Gasteiger charge is -2.39. The zero-order chi connectivity index (χ0) is 21.9. The Morgan fingerprint density at radius 1 is 1.20 bits per heavy atom. The van der Waals surface area contributed by atoms with Gasteiger partial charge in [-0.2, -0.15) is 0 Å². The van der Waals surface area contributed by atoms with Crippen molar-refractivity contribution in [1.29, 1.82) is 0 Å². The van der Waals surface area contributed by atoms with Crippen molar-refractivity contribution in [2.45, 2.75) is 61.3 Å². The molecular formula is C24H32O4S2. The largest absolute Gasteiger partial charge is 0.497 e. The third-order valence-corrected chi connectivity index (χ3v) is 9.22. The van der Waals surface area contributed by atoms with Gasteiger partial charge in [0.25, 0.3) is 0 Å². The molecule has 2 aromatic carbocycles. The number of thioether (sulfide) groups is 1. The Hall–Kier alpha value is -1.50. The van der Waals surface area contributed by atoms with Gasteiger partial charge in [-0.25, -0.2) is 8.42 Å². The monoisotopic (exact) mass is 448 g/mol. The number of fused-ring (bicyclic) bond motifs is 1. The van der Waals surface area contributed by atoms with Crippen molar-refractivity contribution in [3.63, 3.8) is 0 Å². The minimum atomic E-state index is -3.54. The molecule has 6 heteroatoms. The van der Waals surface area contributed by atoms with Crippen LogP contribution in [0, 0.1) is 5.41 Å². The molecule has 0 amide bonds.